The maximum atomic E-state index is 12.8. The van der Waals surface area contributed by atoms with E-state index in [1.165, 1.54) is 7.05 Å². The van der Waals surface area contributed by atoms with E-state index in [2.05, 4.69) is 21.3 Å². The summed E-state index contributed by atoms with van der Waals surface area (Å²) in [6, 6.07) is 4.24. The number of carbonyl (C=O) groups excluding carboxylic acids is 4. The molecular weight excluding hydrogens is 582 g/mol. The van der Waals surface area contributed by atoms with E-state index in [1.54, 1.807) is 24.3 Å². The molecule has 0 aliphatic carbocycles. The molecule has 0 unspecified atom stereocenters. The summed E-state index contributed by atoms with van der Waals surface area (Å²) in [5.41, 5.74) is 6.73. The third-order valence-electron chi connectivity index (χ3n) is 5.94. The predicted molar refractivity (Wildman–Crippen MR) is 151 cm³/mol. The lowest BCUT2D eigenvalue weighted by Gasteiger charge is -2.21. The lowest BCUT2D eigenvalue weighted by Crippen LogP contribution is -2.49. The van der Waals surface area contributed by atoms with Crippen molar-refractivity contribution in [2.24, 2.45) is 11.7 Å². The first-order chi connectivity index (χ1) is 19.1. The fraction of sp³-hybridized carbons (Fsp3) is 0.583. The van der Waals surface area contributed by atoms with Crippen LogP contribution in [0.1, 0.15) is 49.4 Å². The second-order valence-electron chi connectivity index (χ2n) is 9.43. The summed E-state index contributed by atoms with van der Waals surface area (Å²) in [5, 5.41) is 10.6. The zero-order chi connectivity index (χ0) is 31.2. The number of nitrogens with one attached hydrogen (secondary N) is 4. The number of likely N-dealkylation sites (N-methyl/N-ethyl adjacent to an activating group) is 1. The van der Waals surface area contributed by atoms with Crippen molar-refractivity contribution < 1.29 is 45.1 Å². The van der Waals surface area contributed by atoms with E-state index in [-0.39, 0.29) is 18.9 Å². The third kappa shape index (κ3) is 14.9. The first kappa shape index (κ1) is 35.9. The highest BCUT2D eigenvalue weighted by Gasteiger charge is 2.32. The first-order valence-electron chi connectivity index (χ1n) is 12.9. The van der Waals surface area contributed by atoms with Crippen LogP contribution in [0.5, 0.6) is 0 Å². The number of amides is 3. The average molecular weight is 622 g/mol. The summed E-state index contributed by atoms with van der Waals surface area (Å²) >= 11 is 0. The molecule has 17 heteroatoms. The van der Waals surface area contributed by atoms with Crippen LogP contribution >= 0.6 is 0 Å². The molecule has 0 fully saturated rings. The van der Waals surface area contributed by atoms with Crippen LogP contribution in [0.25, 0.3) is 0 Å². The van der Waals surface area contributed by atoms with E-state index >= 15 is 0 Å². The summed E-state index contributed by atoms with van der Waals surface area (Å²) in [7, 11) is -8.12. The van der Waals surface area contributed by atoms with Gasteiger partial charge < -0.3 is 27.0 Å². The van der Waals surface area contributed by atoms with Crippen molar-refractivity contribution in [1.82, 2.24) is 16.0 Å². The van der Waals surface area contributed by atoms with Crippen molar-refractivity contribution in [2.75, 3.05) is 37.0 Å². The van der Waals surface area contributed by atoms with Crippen molar-refractivity contribution in [3.63, 3.8) is 0 Å². The molecule has 0 aliphatic rings. The lowest BCUT2D eigenvalue weighted by molar-refractivity contribution is -0.132. The molecule has 1 aromatic carbocycles. The van der Waals surface area contributed by atoms with Crippen LogP contribution in [0, 0.1) is 5.92 Å². The SMILES string of the molecule is CCCNc1ccc(C(=O)NCCCC[C@H](NC(=O)[C@@H](CC(=O)[C@H](CS(=O)(=O)O)NC)CS(=O)(=O)O)C(N)=O)cc1. The van der Waals surface area contributed by atoms with Gasteiger partial charge >= 0.3 is 0 Å². The van der Waals surface area contributed by atoms with E-state index in [0.717, 1.165) is 18.7 Å². The Hall–Kier alpha value is -3.12. The summed E-state index contributed by atoms with van der Waals surface area (Å²) in [6.07, 6.45) is 0.910. The molecule has 0 aromatic heterocycles. The van der Waals surface area contributed by atoms with Crippen molar-refractivity contribution in [2.45, 2.75) is 51.1 Å². The number of anilines is 1. The van der Waals surface area contributed by atoms with Crippen molar-refractivity contribution in [3.05, 3.63) is 29.8 Å². The zero-order valence-electron chi connectivity index (χ0n) is 23.0. The quantitative estimate of drug-likeness (QED) is 0.0706. The Morgan fingerprint density at radius 1 is 0.902 bits per heavy atom. The number of hydrogen-bond acceptors (Lipinski definition) is 10. The topological polar surface area (TPSA) is 251 Å². The van der Waals surface area contributed by atoms with Gasteiger partial charge in [-0.1, -0.05) is 6.92 Å². The van der Waals surface area contributed by atoms with Gasteiger partial charge in [0, 0.05) is 30.8 Å². The van der Waals surface area contributed by atoms with Crippen LogP contribution in [0.2, 0.25) is 0 Å². The van der Waals surface area contributed by atoms with Crippen molar-refractivity contribution in [1.29, 1.82) is 0 Å². The lowest BCUT2D eigenvalue weighted by atomic mass is 9.99. The van der Waals surface area contributed by atoms with E-state index in [9.17, 15) is 40.6 Å². The van der Waals surface area contributed by atoms with Gasteiger partial charge in [0.05, 0.1) is 23.5 Å². The minimum atomic E-state index is -4.76. The number of unbranched alkanes of at least 4 members (excludes halogenated alkanes) is 1. The number of benzene rings is 1. The van der Waals surface area contributed by atoms with Crippen LogP contribution in [-0.4, -0.2) is 93.2 Å². The van der Waals surface area contributed by atoms with Crippen molar-refractivity contribution >= 4 is 49.4 Å². The summed E-state index contributed by atoms with van der Waals surface area (Å²) in [5.74, 6) is -7.11. The summed E-state index contributed by atoms with van der Waals surface area (Å²) in [6.45, 7) is 3.11. The van der Waals surface area contributed by atoms with Crippen molar-refractivity contribution in [3.8, 4) is 0 Å². The number of ketones is 1. The van der Waals surface area contributed by atoms with Gasteiger partial charge in [0.25, 0.3) is 26.1 Å². The molecule has 232 valence electrons. The van der Waals surface area contributed by atoms with Gasteiger partial charge in [-0.3, -0.25) is 28.3 Å². The Kier molecular flexibility index (Phi) is 14.9. The first-order valence-corrected chi connectivity index (χ1v) is 16.1. The van der Waals surface area contributed by atoms with E-state index in [0.29, 0.717) is 18.4 Å². The number of rotatable bonds is 20. The highest BCUT2D eigenvalue weighted by Crippen LogP contribution is 2.13. The molecule has 8 N–H and O–H groups in total. The maximum absolute atomic E-state index is 12.8. The predicted octanol–water partition coefficient (Wildman–Crippen LogP) is -0.682. The fourth-order valence-electron chi connectivity index (χ4n) is 3.78. The largest absolute Gasteiger partial charge is 0.385 e. The molecule has 41 heavy (non-hydrogen) atoms. The molecule has 3 atom stereocenters. The van der Waals surface area contributed by atoms with Gasteiger partial charge in [-0.2, -0.15) is 16.8 Å². The van der Waals surface area contributed by atoms with Crippen LogP contribution in [-0.2, 0) is 34.6 Å². The van der Waals surface area contributed by atoms with E-state index in [4.69, 9.17) is 10.3 Å². The molecule has 0 aliphatic heterocycles. The van der Waals surface area contributed by atoms with Crippen LogP contribution in [0.3, 0.4) is 0 Å². The molecule has 1 rings (SSSR count). The molecule has 15 nitrogen and oxygen atoms in total. The standard InChI is InChI=1S/C24H39N5O10S2/c1-3-11-27-18-9-7-16(8-10-18)23(32)28-12-5-4-6-19(22(25)31)29-24(33)17(14-40(34,35)36)13-21(30)20(26-2)15-41(37,38)39/h7-10,17,19-20,26-27H,3-6,11-15H2,1-2H3,(H2,25,31)(H,28,32)(H,29,33)(H,34,35,36)(H,37,38,39)/t17-,19-,20-/m0/s1. The summed E-state index contributed by atoms with van der Waals surface area (Å²) < 4.78 is 63.5. The molecule has 0 radical (unpaired) electrons. The molecule has 0 heterocycles. The van der Waals surface area contributed by atoms with E-state index in [1.807, 2.05) is 6.92 Å². The number of carbonyl (C=O) groups is 4. The smallest absolute Gasteiger partial charge is 0.266 e. The minimum Gasteiger partial charge on any atom is -0.385 e. The van der Waals surface area contributed by atoms with Gasteiger partial charge in [0.15, 0.2) is 5.78 Å². The zero-order valence-corrected chi connectivity index (χ0v) is 24.6. The van der Waals surface area contributed by atoms with Gasteiger partial charge in [0.1, 0.15) is 6.04 Å². The van der Waals surface area contributed by atoms with Gasteiger partial charge in [-0.05, 0) is 57.0 Å². The van der Waals surface area contributed by atoms with Crippen LogP contribution < -0.4 is 27.0 Å². The van der Waals surface area contributed by atoms with Gasteiger partial charge in [-0.25, -0.2) is 0 Å². The molecule has 0 bridgehead atoms. The Balaban J connectivity index is 2.70. The second-order valence-corrected chi connectivity index (χ2v) is 12.4. The van der Waals surface area contributed by atoms with Crippen LogP contribution in [0.15, 0.2) is 24.3 Å². The Morgan fingerprint density at radius 3 is 2.02 bits per heavy atom. The average Bonchev–Trinajstić information content (AvgIpc) is 2.87. The third-order valence-corrected chi connectivity index (χ3v) is 7.51. The highest BCUT2D eigenvalue weighted by atomic mass is 32.2. The molecule has 1 aromatic rings. The number of primary amides is 1. The highest BCUT2D eigenvalue weighted by molar-refractivity contribution is 7.86. The monoisotopic (exact) mass is 621 g/mol. The normalized spacial score (nSPS) is 14.0. The Labute approximate surface area is 239 Å². The van der Waals surface area contributed by atoms with Gasteiger partial charge in [0.2, 0.25) is 11.8 Å². The van der Waals surface area contributed by atoms with Gasteiger partial charge in [-0.15, -0.1) is 0 Å². The Morgan fingerprint density at radius 2 is 1.51 bits per heavy atom. The molecule has 0 saturated carbocycles. The molecular formula is C24H39N5O10S2. The second kappa shape index (κ2) is 17.0. The molecule has 0 saturated heterocycles. The molecule has 3 amide bonds. The van der Waals surface area contributed by atoms with E-state index < -0.39 is 73.8 Å². The Bertz CT molecular complexity index is 1250. The number of nitrogens with two attached hydrogens (primary N) is 1. The van der Waals surface area contributed by atoms with Crippen LogP contribution in [0.4, 0.5) is 5.69 Å². The molecule has 0 spiro atoms. The minimum absolute atomic E-state index is 0.0309. The fourth-order valence-corrected chi connectivity index (χ4v) is 5.33. The number of hydrogen-bond donors (Lipinski definition) is 7. The number of Topliss-reactive ketones (excluding diaryl/α,β-unsaturated/α-hetero) is 1. The maximum Gasteiger partial charge on any atom is 0.266 e. The summed E-state index contributed by atoms with van der Waals surface area (Å²) in [4.78, 5) is 49.5.